The van der Waals surface area contributed by atoms with Crippen molar-refractivity contribution in [2.45, 2.75) is 11.4 Å². The lowest BCUT2D eigenvalue weighted by Crippen LogP contribution is -2.04. The van der Waals surface area contributed by atoms with E-state index in [2.05, 4.69) is 25.8 Å². The molecule has 0 saturated heterocycles. The van der Waals surface area contributed by atoms with E-state index in [0.29, 0.717) is 12.2 Å². The first-order chi connectivity index (χ1) is 14.6. The monoisotopic (exact) mass is 426 g/mol. The zero-order chi connectivity index (χ0) is 21.1. The summed E-state index contributed by atoms with van der Waals surface area (Å²) in [6.45, 7) is 0.716. The second kappa shape index (κ2) is 8.73. The molecule has 0 fully saturated rings. The number of methoxy groups -OCH3 is 1. The first-order valence-electron chi connectivity index (χ1n) is 9.26. The number of hydrogen-bond donors (Lipinski definition) is 2. The third-order valence-electron chi connectivity index (χ3n) is 4.59. The fraction of sp³-hybridized carbons (Fsp3) is 0.136. The molecule has 0 spiro atoms. The minimum atomic E-state index is -0.770. The van der Waals surface area contributed by atoms with E-state index in [1.54, 1.807) is 24.3 Å². The fourth-order valence-electron chi connectivity index (χ4n) is 3.24. The molecule has 0 saturated carbocycles. The molecule has 0 atom stereocenters. The average molecular weight is 426 g/mol. The lowest BCUT2D eigenvalue weighted by Gasteiger charge is -2.12. The number of pyridine rings is 1. The van der Waals surface area contributed by atoms with Gasteiger partial charge in [0.15, 0.2) is 17.4 Å². The van der Waals surface area contributed by atoms with Crippen LogP contribution in [0.5, 0.6) is 5.75 Å². The third kappa shape index (κ3) is 3.96. The van der Waals surface area contributed by atoms with Gasteiger partial charge in [-0.2, -0.15) is 0 Å². The van der Waals surface area contributed by atoms with Crippen molar-refractivity contribution in [3.05, 3.63) is 78.3 Å². The molecule has 2 aromatic carbocycles. The van der Waals surface area contributed by atoms with Crippen LogP contribution in [0.15, 0.2) is 66.0 Å². The molecule has 8 heteroatoms. The molecule has 154 valence electrons. The van der Waals surface area contributed by atoms with Gasteiger partial charge in [-0.25, -0.2) is 8.78 Å². The highest BCUT2D eigenvalue weighted by atomic mass is 32.2. The van der Waals surface area contributed by atoms with Crippen molar-refractivity contribution in [1.29, 1.82) is 0 Å². The molecule has 0 radical (unpaired) electrons. The smallest absolute Gasteiger partial charge is 0.192 e. The van der Waals surface area contributed by atoms with Crippen molar-refractivity contribution in [1.82, 2.24) is 14.3 Å². The Hall–Kier alpha value is -3.10. The maximum atomic E-state index is 14.6. The number of aromatic nitrogens is 2. The van der Waals surface area contributed by atoms with Crippen LogP contribution in [0.4, 0.5) is 20.2 Å². The van der Waals surface area contributed by atoms with Crippen molar-refractivity contribution in [2.75, 3.05) is 19.5 Å². The molecule has 4 aromatic rings. The van der Waals surface area contributed by atoms with Crippen LogP contribution in [0.1, 0.15) is 5.56 Å². The molecule has 2 N–H and O–H groups in total. The molecule has 0 aliphatic heterocycles. The van der Waals surface area contributed by atoms with Crippen LogP contribution in [0.3, 0.4) is 0 Å². The summed E-state index contributed by atoms with van der Waals surface area (Å²) in [7, 11) is 3.14. The van der Waals surface area contributed by atoms with E-state index in [4.69, 9.17) is 4.74 Å². The topological polar surface area (TPSA) is 51.1 Å². The summed E-state index contributed by atoms with van der Waals surface area (Å²) < 4.78 is 35.1. The first-order valence-corrected chi connectivity index (χ1v) is 10.0. The Kier molecular flexibility index (Phi) is 5.87. The van der Waals surface area contributed by atoms with Gasteiger partial charge < -0.3 is 15.4 Å². The lowest BCUT2D eigenvalue weighted by atomic mass is 10.1. The van der Waals surface area contributed by atoms with Gasteiger partial charge in [-0.15, -0.1) is 0 Å². The number of fused-ring (bicyclic) bond motifs is 1. The van der Waals surface area contributed by atoms with E-state index >= 15 is 0 Å². The Labute approximate surface area is 177 Å². The fourth-order valence-corrected chi connectivity index (χ4v) is 4.14. The molecule has 5 nitrogen and oxygen atoms in total. The van der Waals surface area contributed by atoms with Crippen LogP contribution in [-0.2, 0) is 6.54 Å². The molecule has 0 amide bonds. The molecule has 0 aliphatic carbocycles. The third-order valence-corrected chi connectivity index (χ3v) is 5.54. The average Bonchev–Trinajstić information content (AvgIpc) is 3.08. The highest BCUT2D eigenvalue weighted by molar-refractivity contribution is 7.98. The van der Waals surface area contributed by atoms with Gasteiger partial charge in [-0.05, 0) is 61.0 Å². The van der Waals surface area contributed by atoms with E-state index in [0.717, 1.165) is 21.4 Å². The Bertz CT molecular complexity index is 1180. The van der Waals surface area contributed by atoms with Crippen molar-refractivity contribution in [2.24, 2.45) is 0 Å². The van der Waals surface area contributed by atoms with Crippen LogP contribution in [0, 0.1) is 11.6 Å². The van der Waals surface area contributed by atoms with Crippen molar-refractivity contribution in [3.63, 3.8) is 0 Å². The molecule has 0 aliphatic rings. The van der Waals surface area contributed by atoms with Gasteiger partial charge >= 0.3 is 0 Å². The minimum Gasteiger partial charge on any atom is -0.491 e. The van der Waals surface area contributed by atoms with Crippen molar-refractivity contribution in [3.8, 4) is 5.75 Å². The van der Waals surface area contributed by atoms with Gasteiger partial charge in [-0.1, -0.05) is 6.07 Å². The van der Waals surface area contributed by atoms with E-state index in [-0.39, 0.29) is 5.69 Å². The molecular weight excluding hydrogens is 406 g/mol. The van der Waals surface area contributed by atoms with E-state index in [1.165, 1.54) is 19.2 Å². The zero-order valence-electron chi connectivity index (χ0n) is 16.4. The Morgan fingerprint density at radius 2 is 2.03 bits per heavy atom. The normalized spacial score (nSPS) is 11.1. The van der Waals surface area contributed by atoms with E-state index < -0.39 is 17.4 Å². The number of nitrogens with one attached hydrogen (secondary N) is 2. The number of rotatable bonds is 7. The van der Waals surface area contributed by atoms with Gasteiger partial charge in [0, 0.05) is 41.1 Å². The number of benzene rings is 2. The Morgan fingerprint density at radius 3 is 2.77 bits per heavy atom. The van der Waals surface area contributed by atoms with Crippen LogP contribution < -0.4 is 15.4 Å². The second-order valence-corrected chi connectivity index (χ2v) is 7.64. The predicted octanol–water partition coefficient (Wildman–Crippen LogP) is 5.34. The quantitative estimate of drug-likeness (QED) is 0.418. The van der Waals surface area contributed by atoms with Crippen LogP contribution in [-0.4, -0.2) is 23.1 Å². The first kappa shape index (κ1) is 20.2. The Balaban J connectivity index is 1.73. The molecular formula is C22H20F2N4OS. The summed E-state index contributed by atoms with van der Waals surface area (Å²) in [5.74, 6) is -1.92. The number of hydrogen-bond acceptors (Lipinski definition) is 5. The van der Waals surface area contributed by atoms with Crippen LogP contribution >= 0.6 is 11.9 Å². The van der Waals surface area contributed by atoms with E-state index in [9.17, 15) is 8.78 Å². The summed E-state index contributed by atoms with van der Waals surface area (Å²) in [5.41, 5.74) is 2.93. The van der Waals surface area contributed by atoms with Crippen LogP contribution in [0.2, 0.25) is 0 Å². The molecule has 0 bridgehead atoms. The highest BCUT2D eigenvalue weighted by Crippen LogP contribution is 2.34. The van der Waals surface area contributed by atoms with Gasteiger partial charge in [0.25, 0.3) is 0 Å². The van der Waals surface area contributed by atoms with E-state index in [1.807, 2.05) is 37.4 Å². The summed E-state index contributed by atoms with van der Waals surface area (Å²) >= 11 is 1.54. The van der Waals surface area contributed by atoms with Gasteiger partial charge in [0.1, 0.15) is 0 Å². The maximum Gasteiger partial charge on any atom is 0.192 e. The molecule has 2 heterocycles. The van der Waals surface area contributed by atoms with Gasteiger partial charge in [0.05, 0.1) is 18.3 Å². The highest BCUT2D eigenvalue weighted by Gasteiger charge is 2.15. The number of nitrogens with zero attached hydrogens (tertiary/aromatic N) is 2. The van der Waals surface area contributed by atoms with Crippen molar-refractivity contribution >= 4 is 34.2 Å². The standard InChI is InChI=1S/C22H20F2N4OS/c1-25-11-14-13-28(30-16-4-3-9-26-12-16)20-10-15(5-6-17(14)20)27-19-8-7-18(23)22(29-2)21(19)24/h3-10,12-13,25,27H,11H2,1-2H3. The summed E-state index contributed by atoms with van der Waals surface area (Å²) in [6.07, 6.45) is 5.61. The second-order valence-electron chi connectivity index (χ2n) is 6.59. The predicted molar refractivity (Wildman–Crippen MR) is 116 cm³/mol. The summed E-state index contributed by atoms with van der Waals surface area (Å²) in [4.78, 5) is 5.17. The molecule has 0 unspecified atom stereocenters. The molecule has 2 aromatic heterocycles. The van der Waals surface area contributed by atoms with Crippen molar-refractivity contribution < 1.29 is 13.5 Å². The Morgan fingerprint density at radius 1 is 1.17 bits per heavy atom. The summed E-state index contributed by atoms with van der Waals surface area (Å²) in [5, 5.41) is 7.30. The largest absolute Gasteiger partial charge is 0.491 e. The molecule has 4 rings (SSSR count). The van der Waals surface area contributed by atoms with Crippen LogP contribution in [0.25, 0.3) is 10.9 Å². The SMILES string of the molecule is CNCc1cn(Sc2cccnc2)c2cc(Nc3ccc(F)c(OC)c3F)ccc12. The number of ether oxygens (including phenoxy) is 1. The maximum absolute atomic E-state index is 14.6. The zero-order valence-corrected chi connectivity index (χ0v) is 17.3. The minimum absolute atomic E-state index is 0.140. The number of anilines is 2. The van der Waals surface area contributed by atoms with Gasteiger partial charge in [0.2, 0.25) is 0 Å². The lowest BCUT2D eigenvalue weighted by molar-refractivity contribution is 0.361. The summed E-state index contributed by atoms with van der Waals surface area (Å²) in [6, 6.07) is 12.2. The number of halogens is 2. The van der Waals surface area contributed by atoms with Gasteiger partial charge in [-0.3, -0.25) is 8.96 Å². The molecule has 30 heavy (non-hydrogen) atoms.